The first-order valence-corrected chi connectivity index (χ1v) is 9.85. The summed E-state index contributed by atoms with van der Waals surface area (Å²) < 4.78 is 16.4. The third kappa shape index (κ3) is 28.8. The van der Waals surface area contributed by atoms with E-state index in [9.17, 15) is 0 Å². The second kappa shape index (κ2) is 26.0. The van der Waals surface area contributed by atoms with Crippen LogP contribution in [0, 0.1) is 0 Å². The van der Waals surface area contributed by atoms with E-state index >= 15 is 0 Å². The first-order valence-electron chi connectivity index (χ1n) is 9.85. The summed E-state index contributed by atoms with van der Waals surface area (Å²) in [6.45, 7) is 8.26. The highest BCUT2D eigenvalue weighted by Crippen LogP contribution is 1.99. The molecule has 0 atom stereocenters. The van der Waals surface area contributed by atoms with E-state index in [0.29, 0.717) is 26.4 Å². The monoisotopic (exact) mass is 366 g/mol. The van der Waals surface area contributed by atoms with Crippen LogP contribution in [0.5, 0.6) is 0 Å². The van der Waals surface area contributed by atoms with Crippen molar-refractivity contribution in [3.8, 4) is 0 Å². The molecule has 154 valence electrons. The molecular formula is C19H42O6. The summed E-state index contributed by atoms with van der Waals surface area (Å²) in [6, 6.07) is 0. The first kappa shape index (κ1) is 27.0. The second-order valence-corrected chi connectivity index (χ2v) is 5.98. The molecule has 0 aromatic carbocycles. The third-order valence-electron chi connectivity index (χ3n) is 3.45. The van der Waals surface area contributed by atoms with Gasteiger partial charge >= 0.3 is 0 Å². The van der Waals surface area contributed by atoms with Crippen LogP contribution < -0.4 is 0 Å². The fourth-order valence-corrected chi connectivity index (χ4v) is 1.86. The van der Waals surface area contributed by atoms with Crippen LogP contribution in [0.25, 0.3) is 0 Å². The molecule has 0 spiro atoms. The van der Waals surface area contributed by atoms with E-state index < -0.39 is 6.10 Å². The second-order valence-electron chi connectivity index (χ2n) is 5.98. The molecule has 0 aromatic rings. The fourth-order valence-electron chi connectivity index (χ4n) is 1.86. The van der Waals surface area contributed by atoms with Crippen LogP contribution in [0.2, 0.25) is 0 Å². The molecule has 0 aliphatic carbocycles. The van der Waals surface area contributed by atoms with Crippen LogP contribution in [-0.4, -0.2) is 74.3 Å². The van der Waals surface area contributed by atoms with Crippen molar-refractivity contribution >= 4 is 0 Å². The summed E-state index contributed by atoms with van der Waals surface area (Å²) in [5, 5.41) is 24.0. The average molecular weight is 367 g/mol. The maximum Gasteiger partial charge on any atom is 0.100 e. The van der Waals surface area contributed by atoms with Gasteiger partial charge in [0, 0.05) is 13.2 Å². The zero-order valence-electron chi connectivity index (χ0n) is 16.5. The minimum Gasteiger partial charge on any atom is -0.394 e. The van der Waals surface area contributed by atoms with Crippen molar-refractivity contribution in [3.05, 3.63) is 0 Å². The molecule has 0 amide bonds. The molecule has 0 fully saturated rings. The van der Waals surface area contributed by atoms with E-state index in [0.717, 1.165) is 13.2 Å². The van der Waals surface area contributed by atoms with Gasteiger partial charge in [0.15, 0.2) is 0 Å². The molecule has 0 aromatic heterocycles. The van der Waals surface area contributed by atoms with Gasteiger partial charge in [-0.2, -0.15) is 0 Å². The normalized spacial score (nSPS) is 10.8. The van der Waals surface area contributed by atoms with Crippen LogP contribution in [0.4, 0.5) is 0 Å². The molecule has 0 heterocycles. The van der Waals surface area contributed by atoms with Gasteiger partial charge in [0.05, 0.1) is 39.6 Å². The Morgan fingerprint density at radius 2 is 0.920 bits per heavy atom. The SMILES string of the molecule is CCCCCCOCCOCCOCCCCCC.OCC(O)CO. The predicted molar refractivity (Wildman–Crippen MR) is 101 cm³/mol. The number of unbranched alkanes of at least 4 members (excludes halogenated alkanes) is 6. The predicted octanol–water partition coefficient (Wildman–Crippen LogP) is 2.53. The van der Waals surface area contributed by atoms with E-state index in [1.165, 1.54) is 51.4 Å². The Morgan fingerprint density at radius 3 is 1.20 bits per heavy atom. The lowest BCUT2D eigenvalue weighted by molar-refractivity contribution is 0.0132. The van der Waals surface area contributed by atoms with E-state index in [4.69, 9.17) is 29.5 Å². The Bertz CT molecular complexity index is 196. The Morgan fingerprint density at radius 1 is 0.560 bits per heavy atom. The van der Waals surface area contributed by atoms with Gasteiger partial charge in [-0.1, -0.05) is 52.4 Å². The zero-order valence-corrected chi connectivity index (χ0v) is 16.5. The number of aliphatic hydroxyl groups is 3. The maximum absolute atomic E-state index is 8.17. The van der Waals surface area contributed by atoms with E-state index in [-0.39, 0.29) is 13.2 Å². The Balaban J connectivity index is 0. The lowest BCUT2D eigenvalue weighted by Crippen LogP contribution is -2.15. The van der Waals surface area contributed by atoms with Crippen LogP contribution in [0.15, 0.2) is 0 Å². The summed E-state index contributed by atoms with van der Waals surface area (Å²) in [7, 11) is 0. The molecule has 25 heavy (non-hydrogen) atoms. The fraction of sp³-hybridized carbons (Fsp3) is 1.00. The van der Waals surface area contributed by atoms with E-state index in [1.807, 2.05) is 0 Å². The summed E-state index contributed by atoms with van der Waals surface area (Å²) in [6.07, 6.45) is 9.15. The molecule has 0 aliphatic heterocycles. The van der Waals surface area contributed by atoms with E-state index in [2.05, 4.69) is 13.8 Å². The summed E-state index contributed by atoms with van der Waals surface area (Å²) in [5.74, 6) is 0. The standard InChI is InChI=1S/C16H34O3.C3H8O3/c1-3-5-7-9-11-17-13-15-19-16-14-18-12-10-8-6-4-2;4-1-3(6)2-5/h3-16H2,1-2H3;3-6H,1-2H2. The molecule has 6 nitrogen and oxygen atoms in total. The Kier molecular flexibility index (Phi) is 28.1. The van der Waals surface area contributed by atoms with Crippen molar-refractivity contribution in [1.82, 2.24) is 0 Å². The lowest BCUT2D eigenvalue weighted by Gasteiger charge is -2.06. The van der Waals surface area contributed by atoms with Gasteiger partial charge in [-0.25, -0.2) is 0 Å². The number of rotatable bonds is 18. The van der Waals surface area contributed by atoms with Gasteiger partial charge in [-0.3, -0.25) is 0 Å². The zero-order chi connectivity index (χ0) is 19.0. The highest BCUT2D eigenvalue weighted by molar-refractivity contribution is 4.44. The molecule has 0 radical (unpaired) electrons. The van der Waals surface area contributed by atoms with Crippen molar-refractivity contribution in [3.63, 3.8) is 0 Å². The molecular weight excluding hydrogens is 324 g/mol. The summed E-state index contributed by atoms with van der Waals surface area (Å²) >= 11 is 0. The molecule has 0 saturated carbocycles. The highest BCUT2D eigenvalue weighted by atomic mass is 16.5. The number of hydrogen-bond donors (Lipinski definition) is 3. The maximum atomic E-state index is 8.17. The van der Waals surface area contributed by atoms with Gasteiger partial charge in [0.2, 0.25) is 0 Å². The van der Waals surface area contributed by atoms with Gasteiger partial charge in [0.25, 0.3) is 0 Å². The van der Waals surface area contributed by atoms with Gasteiger partial charge in [-0.05, 0) is 12.8 Å². The lowest BCUT2D eigenvalue weighted by atomic mass is 10.2. The minimum atomic E-state index is -0.954. The molecule has 6 heteroatoms. The minimum absolute atomic E-state index is 0.365. The van der Waals surface area contributed by atoms with Crippen molar-refractivity contribution in [2.45, 2.75) is 71.3 Å². The largest absolute Gasteiger partial charge is 0.394 e. The molecule has 0 saturated heterocycles. The van der Waals surface area contributed by atoms with Gasteiger partial charge in [-0.15, -0.1) is 0 Å². The molecule has 0 unspecified atom stereocenters. The topological polar surface area (TPSA) is 88.4 Å². The highest BCUT2D eigenvalue weighted by Gasteiger charge is 1.94. The van der Waals surface area contributed by atoms with Gasteiger partial charge < -0.3 is 29.5 Å². The van der Waals surface area contributed by atoms with Crippen LogP contribution >= 0.6 is 0 Å². The average Bonchev–Trinajstić information content (AvgIpc) is 2.64. The summed E-state index contributed by atoms with van der Waals surface area (Å²) in [4.78, 5) is 0. The van der Waals surface area contributed by atoms with Crippen LogP contribution in [0.3, 0.4) is 0 Å². The molecule has 0 bridgehead atoms. The quantitative estimate of drug-likeness (QED) is 0.323. The third-order valence-corrected chi connectivity index (χ3v) is 3.45. The van der Waals surface area contributed by atoms with Crippen molar-refractivity contribution in [1.29, 1.82) is 0 Å². The van der Waals surface area contributed by atoms with Crippen LogP contribution in [0.1, 0.15) is 65.2 Å². The summed E-state index contributed by atoms with van der Waals surface area (Å²) in [5.41, 5.74) is 0. The molecule has 0 rings (SSSR count). The van der Waals surface area contributed by atoms with Gasteiger partial charge in [0.1, 0.15) is 6.10 Å². The van der Waals surface area contributed by atoms with Crippen molar-refractivity contribution in [2.24, 2.45) is 0 Å². The first-order chi connectivity index (χ1) is 12.2. The Hall–Kier alpha value is -0.240. The number of hydrogen-bond acceptors (Lipinski definition) is 6. The van der Waals surface area contributed by atoms with E-state index in [1.54, 1.807) is 0 Å². The number of aliphatic hydroxyl groups excluding tert-OH is 3. The van der Waals surface area contributed by atoms with Crippen molar-refractivity contribution in [2.75, 3.05) is 52.9 Å². The Labute approximate surface area is 154 Å². The van der Waals surface area contributed by atoms with Crippen LogP contribution in [-0.2, 0) is 14.2 Å². The number of ether oxygens (including phenoxy) is 3. The molecule has 0 aliphatic rings. The smallest absolute Gasteiger partial charge is 0.100 e. The van der Waals surface area contributed by atoms with Crippen molar-refractivity contribution < 1.29 is 29.5 Å². The molecule has 3 N–H and O–H groups in total.